The number of hydrogen-bond donors (Lipinski definition) is 1. The molecular formula is C20H26BrNO4S. The summed E-state index contributed by atoms with van der Waals surface area (Å²) in [6, 6.07) is 6.74. The van der Waals surface area contributed by atoms with Crippen LogP contribution < -0.4 is 4.72 Å². The first-order valence-corrected chi connectivity index (χ1v) is 11.7. The van der Waals surface area contributed by atoms with Gasteiger partial charge in [0.2, 0.25) is 10.0 Å². The van der Waals surface area contributed by atoms with Crippen LogP contribution in [0.3, 0.4) is 0 Å². The molecule has 27 heavy (non-hydrogen) atoms. The smallest absolute Gasteiger partial charge is 0.305 e. The third kappa shape index (κ3) is 5.21. The standard InChI is InChI=1S/C20H26BrNO4S/c1-26-20(23)6-4-2-3-5-15-11-14-12-18(15)19(13-14)22-27(24,25)17-9-7-16(21)8-10-17/h3,5,7-10,14-15,18-19,22H,2,4,6,11-13H2,1H3/b5-3-. The van der Waals surface area contributed by atoms with Gasteiger partial charge in [0.05, 0.1) is 12.0 Å². The lowest BCUT2D eigenvalue weighted by molar-refractivity contribution is -0.140. The molecule has 2 bridgehead atoms. The van der Waals surface area contributed by atoms with Crippen LogP contribution in [0.1, 0.15) is 38.5 Å². The molecule has 2 saturated carbocycles. The molecule has 0 spiro atoms. The average Bonchev–Trinajstić information content (AvgIpc) is 3.21. The minimum atomic E-state index is -3.49. The molecule has 7 heteroatoms. The minimum absolute atomic E-state index is 0.00196. The number of esters is 1. The summed E-state index contributed by atoms with van der Waals surface area (Å²) in [6.07, 6.45) is 9.57. The van der Waals surface area contributed by atoms with Gasteiger partial charge in [-0.3, -0.25) is 4.79 Å². The first kappa shape index (κ1) is 20.6. The fourth-order valence-corrected chi connectivity index (χ4v) is 5.94. The maximum absolute atomic E-state index is 12.7. The Morgan fingerprint density at radius 2 is 2.00 bits per heavy atom. The molecule has 1 aromatic carbocycles. The minimum Gasteiger partial charge on any atom is -0.469 e. The summed E-state index contributed by atoms with van der Waals surface area (Å²) in [4.78, 5) is 11.4. The zero-order valence-electron chi connectivity index (χ0n) is 15.4. The molecule has 4 atom stereocenters. The summed E-state index contributed by atoms with van der Waals surface area (Å²) in [7, 11) is -2.09. The predicted molar refractivity (Wildman–Crippen MR) is 108 cm³/mol. The number of rotatable bonds is 8. The van der Waals surface area contributed by atoms with E-state index in [0.717, 1.165) is 36.6 Å². The number of fused-ring (bicyclic) bond motifs is 2. The molecular weight excluding hydrogens is 430 g/mol. The number of halogens is 1. The Bertz CT molecular complexity index is 791. The van der Waals surface area contributed by atoms with Crippen molar-refractivity contribution in [2.75, 3.05) is 7.11 Å². The molecule has 0 saturated heterocycles. The van der Waals surface area contributed by atoms with Crippen molar-refractivity contribution in [2.24, 2.45) is 17.8 Å². The number of allylic oxidation sites excluding steroid dienone is 2. The number of unbranched alkanes of at least 4 members (excludes halogenated alkanes) is 1. The number of methoxy groups -OCH3 is 1. The SMILES string of the molecule is COC(=O)CCC/C=C\C1CC2CC(NS(=O)(=O)c3ccc(Br)cc3)C1C2. The highest BCUT2D eigenvalue weighted by molar-refractivity contribution is 9.10. The van der Waals surface area contributed by atoms with Crippen LogP contribution in [0.25, 0.3) is 0 Å². The van der Waals surface area contributed by atoms with E-state index in [0.29, 0.717) is 29.1 Å². The Labute approximate surface area is 169 Å². The molecule has 0 heterocycles. The molecule has 5 nitrogen and oxygen atoms in total. The van der Waals surface area contributed by atoms with E-state index in [9.17, 15) is 13.2 Å². The van der Waals surface area contributed by atoms with Crippen molar-refractivity contribution in [3.8, 4) is 0 Å². The van der Waals surface area contributed by atoms with Gasteiger partial charge in [-0.1, -0.05) is 28.1 Å². The van der Waals surface area contributed by atoms with Gasteiger partial charge in [-0.15, -0.1) is 0 Å². The number of carbonyl (C=O) groups is 1. The van der Waals surface area contributed by atoms with E-state index in [-0.39, 0.29) is 12.0 Å². The van der Waals surface area contributed by atoms with Crippen LogP contribution in [0.4, 0.5) is 0 Å². The molecule has 0 amide bonds. The van der Waals surface area contributed by atoms with Gasteiger partial charge in [0.15, 0.2) is 0 Å². The molecule has 2 fully saturated rings. The molecule has 2 aliphatic rings. The maximum Gasteiger partial charge on any atom is 0.305 e. The molecule has 2 aliphatic carbocycles. The molecule has 148 valence electrons. The lowest BCUT2D eigenvalue weighted by atomic mass is 9.85. The van der Waals surface area contributed by atoms with Crippen LogP contribution in [0.5, 0.6) is 0 Å². The summed E-state index contributed by atoms with van der Waals surface area (Å²) < 4.78 is 33.8. The van der Waals surface area contributed by atoms with Gasteiger partial charge in [0.25, 0.3) is 0 Å². The predicted octanol–water partition coefficient (Wildman–Crippen LogP) is 4.04. The van der Waals surface area contributed by atoms with Crippen molar-refractivity contribution in [3.63, 3.8) is 0 Å². The van der Waals surface area contributed by atoms with Gasteiger partial charge in [0, 0.05) is 16.9 Å². The first-order valence-electron chi connectivity index (χ1n) is 9.40. The van der Waals surface area contributed by atoms with Crippen molar-refractivity contribution in [1.82, 2.24) is 4.72 Å². The number of sulfonamides is 1. The summed E-state index contributed by atoms with van der Waals surface area (Å²) in [5.74, 6) is 1.19. The number of nitrogens with one attached hydrogen (secondary N) is 1. The van der Waals surface area contributed by atoms with Gasteiger partial charge in [0.1, 0.15) is 0 Å². The lowest BCUT2D eigenvalue weighted by Crippen LogP contribution is -2.40. The van der Waals surface area contributed by atoms with E-state index in [1.54, 1.807) is 24.3 Å². The number of hydrogen-bond acceptors (Lipinski definition) is 4. The largest absolute Gasteiger partial charge is 0.469 e. The van der Waals surface area contributed by atoms with Gasteiger partial charge < -0.3 is 4.74 Å². The fourth-order valence-electron chi connectivity index (χ4n) is 4.38. The Hall–Kier alpha value is -1.18. The quantitative estimate of drug-likeness (QED) is 0.364. The Balaban J connectivity index is 1.56. The number of benzene rings is 1. The number of ether oxygens (including phenoxy) is 1. The molecule has 4 unspecified atom stereocenters. The van der Waals surface area contributed by atoms with Gasteiger partial charge >= 0.3 is 5.97 Å². The van der Waals surface area contributed by atoms with Gasteiger partial charge in [-0.25, -0.2) is 13.1 Å². The van der Waals surface area contributed by atoms with Crippen LogP contribution in [-0.2, 0) is 19.6 Å². The normalized spacial score (nSPS) is 27.3. The number of carbonyl (C=O) groups excluding carboxylic acids is 1. The van der Waals surface area contributed by atoms with Crippen LogP contribution in [-0.4, -0.2) is 27.5 Å². The van der Waals surface area contributed by atoms with E-state index in [4.69, 9.17) is 0 Å². The average molecular weight is 456 g/mol. The topological polar surface area (TPSA) is 72.5 Å². The Morgan fingerprint density at radius 1 is 1.26 bits per heavy atom. The van der Waals surface area contributed by atoms with E-state index >= 15 is 0 Å². The van der Waals surface area contributed by atoms with Crippen molar-refractivity contribution >= 4 is 31.9 Å². The maximum atomic E-state index is 12.7. The van der Waals surface area contributed by atoms with Crippen molar-refractivity contribution in [1.29, 1.82) is 0 Å². The first-order chi connectivity index (χ1) is 12.9. The van der Waals surface area contributed by atoms with Crippen LogP contribution >= 0.6 is 15.9 Å². The monoisotopic (exact) mass is 455 g/mol. The zero-order chi connectivity index (χ0) is 19.4. The Kier molecular flexibility index (Phi) is 6.76. The fraction of sp³-hybridized carbons (Fsp3) is 0.550. The molecule has 1 aromatic rings. The van der Waals surface area contributed by atoms with Crippen molar-refractivity contribution < 1.29 is 17.9 Å². The molecule has 0 aliphatic heterocycles. The van der Waals surface area contributed by atoms with Crippen LogP contribution in [0.2, 0.25) is 0 Å². The second kappa shape index (κ2) is 8.88. The molecule has 0 aromatic heterocycles. The highest BCUT2D eigenvalue weighted by Gasteiger charge is 2.46. The second-order valence-corrected chi connectivity index (χ2v) is 10.1. The van der Waals surface area contributed by atoms with Crippen LogP contribution in [0, 0.1) is 17.8 Å². The van der Waals surface area contributed by atoms with E-state index in [2.05, 4.69) is 37.5 Å². The third-order valence-corrected chi connectivity index (χ3v) is 7.69. The molecule has 1 N–H and O–H groups in total. The third-order valence-electron chi connectivity index (χ3n) is 5.66. The molecule has 0 radical (unpaired) electrons. The lowest BCUT2D eigenvalue weighted by Gasteiger charge is -2.28. The van der Waals surface area contributed by atoms with E-state index in [1.165, 1.54) is 7.11 Å². The van der Waals surface area contributed by atoms with Crippen molar-refractivity contribution in [2.45, 2.75) is 49.5 Å². The zero-order valence-corrected chi connectivity index (χ0v) is 17.8. The van der Waals surface area contributed by atoms with Crippen molar-refractivity contribution in [3.05, 3.63) is 40.9 Å². The second-order valence-electron chi connectivity index (χ2n) is 7.48. The summed E-state index contributed by atoms with van der Waals surface area (Å²) in [6.45, 7) is 0. The summed E-state index contributed by atoms with van der Waals surface area (Å²) >= 11 is 3.33. The summed E-state index contributed by atoms with van der Waals surface area (Å²) in [5.41, 5.74) is 0. The summed E-state index contributed by atoms with van der Waals surface area (Å²) in [5, 5.41) is 0. The Morgan fingerprint density at radius 3 is 2.67 bits per heavy atom. The highest BCUT2D eigenvalue weighted by Crippen LogP contribution is 2.49. The van der Waals surface area contributed by atoms with Gasteiger partial charge in [-0.05, 0) is 74.1 Å². The van der Waals surface area contributed by atoms with Crippen LogP contribution in [0.15, 0.2) is 45.8 Å². The van der Waals surface area contributed by atoms with Gasteiger partial charge in [-0.2, -0.15) is 0 Å². The van der Waals surface area contributed by atoms with E-state index in [1.807, 2.05) is 0 Å². The highest BCUT2D eigenvalue weighted by atomic mass is 79.9. The van der Waals surface area contributed by atoms with E-state index < -0.39 is 10.0 Å². The molecule has 3 rings (SSSR count).